The van der Waals surface area contributed by atoms with Gasteiger partial charge in [0.1, 0.15) is 6.54 Å². The quantitative estimate of drug-likeness (QED) is 0.409. The minimum absolute atomic E-state index is 0.0403. The molecule has 0 unspecified atom stereocenters. The summed E-state index contributed by atoms with van der Waals surface area (Å²) in [4.78, 5) is 25.9. The lowest BCUT2D eigenvalue weighted by Crippen LogP contribution is -2.36. The average molecular weight is 410 g/mol. The number of carbonyl (C=O) groups excluding carboxylic acids is 2. The van der Waals surface area contributed by atoms with Gasteiger partial charge in [-0.05, 0) is 55.9 Å². The molecule has 0 atom stereocenters. The molecule has 0 radical (unpaired) electrons. The molecule has 2 rings (SSSR count). The van der Waals surface area contributed by atoms with E-state index in [9.17, 15) is 9.59 Å². The van der Waals surface area contributed by atoms with Crippen LogP contribution in [0.1, 0.15) is 38.7 Å². The number of hydrogen-bond acceptors (Lipinski definition) is 5. The molecule has 1 aliphatic rings. The van der Waals surface area contributed by atoms with Gasteiger partial charge in [-0.3, -0.25) is 9.59 Å². The second kappa shape index (κ2) is 11.0. The van der Waals surface area contributed by atoms with Crippen molar-refractivity contribution in [2.45, 2.75) is 33.1 Å². The number of esters is 1. The highest BCUT2D eigenvalue weighted by molar-refractivity contribution is 6.32. The van der Waals surface area contributed by atoms with E-state index in [-0.39, 0.29) is 12.5 Å². The standard InChI is InChI=1S/C21H28ClNO5/c1-4-10-28-21-17(22)11-16(12-18(21)26-3)8-9-19(24)23(13-15-6-7-15)14-20(25)27-5-2/h8-9,11-12,15H,4-7,10,13-14H2,1-3H3/b9-8+. The lowest BCUT2D eigenvalue weighted by molar-refractivity contribution is -0.147. The Balaban J connectivity index is 2.11. The van der Waals surface area contributed by atoms with Crippen molar-refractivity contribution in [2.75, 3.05) is 33.4 Å². The molecule has 1 aromatic carbocycles. The van der Waals surface area contributed by atoms with Crippen LogP contribution in [-0.2, 0) is 14.3 Å². The van der Waals surface area contributed by atoms with Gasteiger partial charge in [-0.15, -0.1) is 0 Å². The fourth-order valence-electron chi connectivity index (χ4n) is 2.66. The number of ether oxygens (including phenoxy) is 3. The van der Waals surface area contributed by atoms with Crippen LogP contribution in [0.25, 0.3) is 6.08 Å². The van der Waals surface area contributed by atoms with Crippen LogP contribution in [0.4, 0.5) is 0 Å². The van der Waals surface area contributed by atoms with Crippen molar-refractivity contribution in [3.63, 3.8) is 0 Å². The first-order valence-corrected chi connectivity index (χ1v) is 9.99. The van der Waals surface area contributed by atoms with Gasteiger partial charge in [0.05, 0.1) is 25.3 Å². The summed E-state index contributed by atoms with van der Waals surface area (Å²) in [6.07, 6.45) is 6.13. The van der Waals surface area contributed by atoms with Crippen molar-refractivity contribution in [3.05, 3.63) is 28.8 Å². The Morgan fingerprint density at radius 2 is 2.04 bits per heavy atom. The number of nitrogens with zero attached hydrogens (tertiary/aromatic N) is 1. The van der Waals surface area contributed by atoms with E-state index in [1.54, 1.807) is 32.2 Å². The topological polar surface area (TPSA) is 65.1 Å². The first kappa shape index (κ1) is 22.1. The molecule has 0 aliphatic heterocycles. The highest BCUT2D eigenvalue weighted by Crippen LogP contribution is 2.37. The van der Waals surface area contributed by atoms with Crippen LogP contribution < -0.4 is 9.47 Å². The van der Waals surface area contributed by atoms with Crippen molar-refractivity contribution < 1.29 is 23.8 Å². The Morgan fingerprint density at radius 1 is 1.29 bits per heavy atom. The summed E-state index contributed by atoms with van der Waals surface area (Å²) in [6.45, 7) is 5.11. The fourth-order valence-corrected chi connectivity index (χ4v) is 2.93. The molecule has 154 valence electrons. The summed E-state index contributed by atoms with van der Waals surface area (Å²) in [5, 5.41) is 0.418. The molecule has 1 fully saturated rings. The van der Waals surface area contributed by atoms with E-state index in [0.717, 1.165) is 19.3 Å². The highest BCUT2D eigenvalue weighted by atomic mass is 35.5. The number of benzene rings is 1. The second-order valence-electron chi connectivity index (χ2n) is 6.68. The molecule has 1 aromatic rings. The van der Waals surface area contributed by atoms with Crippen molar-refractivity contribution in [1.29, 1.82) is 0 Å². The third-order valence-corrected chi connectivity index (χ3v) is 4.51. The summed E-state index contributed by atoms with van der Waals surface area (Å²) in [5.74, 6) is 0.839. The Labute approximate surface area is 171 Å². The van der Waals surface area contributed by atoms with Crippen LogP contribution in [0.15, 0.2) is 18.2 Å². The zero-order chi connectivity index (χ0) is 20.5. The van der Waals surface area contributed by atoms with Crippen molar-refractivity contribution in [3.8, 4) is 11.5 Å². The predicted octanol–water partition coefficient (Wildman–Crippen LogP) is 3.95. The number of amides is 1. The minimum Gasteiger partial charge on any atom is -0.493 e. The van der Waals surface area contributed by atoms with Gasteiger partial charge >= 0.3 is 5.97 Å². The van der Waals surface area contributed by atoms with E-state index >= 15 is 0 Å². The number of halogens is 1. The van der Waals surface area contributed by atoms with Gasteiger partial charge in [0.15, 0.2) is 11.5 Å². The van der Waals surface area contributed by atoms with Gasteiger partial charge in [0.25, 0.3) is 0 Å². The largest absolute Gasteiger partial charge is 0.493 e. The third-order valence-electron chi connectivity index (χ3n) is 4.23. The van der Waals surface area contributed by atoms with E-state index in [1.807, 2.05) is 6.92 Å². The van der Waals surface area contributed by atoms with Crippen LogP contribution >= 0.6 is 11.6 Å². The van der Waals surface area contributed by atoms with Crippen molar-refractivity contribution >= 4 is 29.6 Å². The normalized spacial score (nSPS) is 13.4. The molecule has 6 nitrogen and oxygen atoms in total. The zero-order valence-corrected chi connectivity index (χ0v) is 17.5. The Hall–Kier alpha value is -2.21. The molecule has 0 aromatic heterocycles. The highest BCUT2D eigenvalue weighted by Gasteiger charge is 2.27. The van der Waals surface area contributed by atoms with Crippen molar-refractivity contribution in [2.24, 2.45) is 5.92 Å². The van der Waals surface area contributed by atoms with Crippen molar-refractivity contribution in [1.82, 2.24) is 4.90 Å². The molecular weight excluding hydrogens is 382 g/mol. The molecule has 1 saturated carbocycles. The Bertz CT molecular complexity index is 715. The van der Waals surface area contributed by atoms with E-state index in [2.05, 4.69) is 0 Å². The van der Waals surface area contributed by atoms with Gasteiger partial charge in [-0.2, -0.15) is 0 Å². The lowest BCUT2D eigenvalue weighted by atomic mass is 10.1. The number of carbonyl (C=O) groups is 2. The van der Waals surface area contributed by atoms with Crippen LogP contribution in [0.3, 0.4) is 0 Å². The summed E-state index contributed by atoms with van der Waals surface area (Å²) in [5.41, 5.74) is 0.710. The molecule has 0 bridgehead atoms. The number of rotatable bonds is 11. The van der Waals surface area contributed by atoms with Gasteiger partial charge in [-0.1, -0.05) is 18.5 Å². The van der Waals surface area contributed by atoms with Crippen LogP contribution in [0, 0.1) is 5.92 Å². The van der Waals surface area contributed by atoms with Gasteiger partial charge in [0.2, 0.25) is 5.91 Å². The van der Waals surface area contributed by atoms with Gasteiger partial charge in [-0.25, -0.2) is 0 Å². The van der Waals surface area contributed by atoms with Crippen LogP contribution in [0.2, 0.25) is 5.02 Å². The minimum atomic E-state index is -0.396. The molecule has 0 N–H and O–H groups in total. The predicted molar refractivity (Wildman–Crippen MR) is 109 cm³/mol. The molecule has 0 heterocycles. The summed E-state index contributed by atoms with van der Waals surface area (Å²) >= 11 is 6.31. The first-order valence-electron chi connectivity index (χ1n) is 9.61. The van der Waals surface area contributed by atoms with Crippen LogP contribution in [-0.4, -0.2) is 50.2 Å². The molecular formula is C21H28ClNO5. The summed E-state index contributed by atoms with van der Waals surface area (Å²) < 4.78 is 16.0. The fraction of sp³-hybridized carbons (Fsp3) is 0.524. The van der Waals surface area contributed by atoms with Crippen LogP contribution in [0.5, 0.6) is 11.5 Å². The van der Waals surface area contributed by atoms with E-state index in [1.165, 1.54) is 11.0 Å². The van der Waals surface area contributed by atoms with E-state index < -0.39 is 5.97 Å². The smallest absolute Gasteiger partial charge is 0.325 e. The molecule has 28 heavy (non-hydrogen) atoms. The lowest BCUT2D eigenvalue weighted by Gasteiger charge is -2.20. The van der Waals surface area contributed by atoms with Gasteiger partial charge < -0.3 is 19.1 Å². The SMILES string of the molecule is CCCOc1c(Cl)cc(/C=C/C(=O)N(CC(=O)OCC)CC2CC2)cc1OC. The maximum absolute atomic E-state index is 12.6. The third kappa shape index (κ3) is 6.75. The molecule has 0 spiro atoms. The number of methoxy groups -OCH3 is 1. The molecule has 7 heteroatoms. The molecule has 1 amide bonds. The molecule has 1 aliphatic carbocycles. The first-order chi connectivity index (χ1) is 13.5. The second-order valence-corrected chi connectivity index (χ2v) is 7.09. The maximum Gasteiger partial charge on any atom is 0.325 e. The van der Waals surface area contributed by atoms with E-state index in [4.69, 9.17) is 25.8 Å². The Kier molecular flexibility index (Phi) is 8.64. The average Bonchev–Trinajstić information content (AvgIpc) is 3.48. The maximum atomic E-state index is 12.6. The monoisotopic (exact) mass is 409 g/mol. The molecule has 0 saturated heterocycles. The zero-order valence-electron chi connectivity index (χ0n) is 16.7. The van der Waals surface area contributed by atoms with Gasteiger partial charge in [0, 0.05) is 12.6 Å². The summed E-state index contributed by atoms with van der Waals surface area (Å²) in [7, 11) is 1.54. The number of hydrogen-bond donors (Lipinski definition) is 0. The van der Waals surface area contributed by atoms with E-state index in [0.29, 0.717) is 47.8 Å². The Morgan fingerprint density at radius 3 is 2.64 bits per heavy atom. The summed E-state index contributed by atoms with van der Waals surface area (Å²) in [6, 6.07) is 3.48.